The Balaban J connectivity index is 2.27. The molecule has 1 aromatic heterocycles. The molecule has 1 heterocycles. The van der Waals surface area contributed by atoms with Gasteiger partial charge in [0.25, 0.3) is 0 Å². The van der Waals surface area contributed by atoms with Gasteiger partial charge in [0.15, 0.2) is 5.78 Å². The lowest BCUT2D eigenvalue weighted by Gasteiger charge is -2.06. The Labute approximate surface area is 103 Å². The van der Waals surface area contributed by atoms with Crippen LogP contribution in [0.5, 0.6) is 0 Å². The fraction of sp³-hybridized carbons (Fsp3) is 0.231. The van der Waals surface area contributed by atoms with Crippen LogP contribution in [-0.4, -0.2) is 15.3 Å². The number of nitrogens with zero attached hydrogens (tertiary/aromatic N) is 2. The van der Waals surface area contributed by atoms with Crippen molar-refractivity contribution in [2.24, 2.45) is 0 Å². The van der Waals surface area contributed by atoms with Gasteiger partial charge in [0, 0.05) is 5.69 Å². The SMILES string of the molecule is Cc1ncn(CC(=O)c2cc(F)ccc2F)c1C. The first-order valence-electron chi connectivity index (χ1n) is 5.45. The van der Waals surface area contributed by atoms with Gasteiger partial charge in [-0.2, -0.15) is 0 Å². The van der Waals surface area contributed by atoms with Gasteiger partial charge in [0.1, 0.15) is 11.6 Å². The van der Waals surface area contributed by atoms with Crippen molar-refractivity contribution in [3.8, 4) is 0 Å². The van der Waals surface area contributed by atoms with E-state index < -0.39 is 17.4 Å². The van der Waals surface area contributed by atoms with Gasteiger partial charge in [0.2, 0.25) is 0 Å². The molecule has 0 bridgehead atoms. The standard InChI is InChI=1S/C13H12F2N2O/c1-8-9(2)17(7-16-8)6-13(18)11-5-10(14)3-4-12(11)15/h3-5,7H,6H2,1-2H3. The molecule has 2 rings (SSSR count). The van der Waals surface area contributed by atoms with Gasteiger partial charge in [-0.3, -0.25) is 4.79 Å². The Hall–Kier alpha value is -2.04. The summed E-state index contributed by atoms with van der Waals surface area (Å²) in [7, 11) is 0. The third-order valence-electron chi connectivity index (χ3n) is 2.89. The maximum Gasteiger partial charge on any atom is 0.185 e. The molecular weight excluding hydrogens is 238 g/mol. The summed E-state index contributed by atoms with van der Waals surface area (Å²) in [6.45, 7) is 3.59. The molecular formula is C13H12F2N2O. The van der Waals surface area contributed by atoms with Crippen LogP contribution in [-0.2, 0) is 6.54 Å². The van der Waals surface area contributed by atoms with Crippen molar-refractivity contribution in [1.82, 2.24) is 9.55 Å². The lowest BCUT2D eigenvalue weighted by atomic mass is 10.1. The van der Waals surface area contributed by atoms with E-state index in [1.165, 1.54) is 6.33 Å². The Morgan fingerprint density at radius 1 is 1.33 bits per heavy atom. The summed E-state index contributed by atoms with van der Waals surface area (Å²) in [6, 6.07) is 2.85. The predicted molar refractivity (Wildman–Crippen MR) is 62.4 cm³/mol. The van der Waals surface area contributed by atoms with Gasteiger partial charge in [-0.15, -0.1) is 0 Å². The molecule has 5 heteroatoms. The van der Waals surface area contributed by atoms with E-state index in [1.54, 1.807) is 4.57 Å². The molecule has 2 aromatic rings. The average Bonchev–Trinajstić information content (AvgIpc) is 2.64. The second-order valence-electron chi connectivity index (χ2n) is 4.09. The normalized spacial score (nSPS) is 10.7. The van der Waals surface area contributed by atoms with Gasteiger partial charge in [-0.25, -0.2) is 13.8 Å². The van der Waals surface area contributed by atoms with Crippen molar-refractivity contribution in [3.63, 3.8) is 0 Å². The van der Waals surface area contributed by atoms with Crippen molar-refractivity contribution in [1.29, 1.82) is 0 Å². The summed E-state index contributed by atoms with van der Waals surface area (Å²) in [5, 5.41) is 0. The van der Waals surface area contributed by atoms with E-state index in [4.69, 9.17) is 0 Å². The smallest absolute Gasteiger partial charge is 0.185 e. The van der Waals surface area contributed by atoms with Crippen molar-refractivity contribution >= 4 is 5.78 Å². The molecule has 0 aliphatic heterocycles. The Bertz CT molecular complexity index is 605. The van der Waals surface area contributed by atoms with Crippen molar-refractivity contribution in [2.75, 3.05) is 0 Å². The highest BCUT2D eigenvalue weighted by Crippen LogP contribution is 2.12. The van der Waals surface area contributed by atoms with Crippen LogP contribution in [0.15, 0.2) is 24.5 Å². The zero-order valence-corrected chi connectivity index (χ0v) is 10.1. The van der Waals surface area contributed by atoms with Gasteiger partial charge in [-0.1, -0.05) is 0 Å². The number of hydrogen-bond acceptors (Lipinski definition) is 2. The molecule has 18 heavy (non-hydrogen) atoms. The molecule has 0 spiro atoms. The highest BCUT2D eigenvalue weighted by atomic mass is 19.1. The van der Waals surface area contributed by atoms with Crippen LogP contribution in [0.1, 0.15) is 21.7 Å². The maximum atomic E-state index is 13.4. The van der Waals surface area contributed by atoms with Gasteiger partial charge in [-0.05, 0) is 32.0 Å². The monoisotopic (exact) mass is 250 g/mol. The fourth-order valence-corrected chi connectivity index (χ4v) is 1.65. The second-order valence-corrected chi connectivity index (χ2v) is 4.09. The molecule has 0 aliphatic carbocycles. The summed E-state index contributed by atoms with van der Waals surface area (Å²) in [5.41, 5.74) is 1.41. The fourth-order valence-electron chi connectivity index (χ4n) is 1.65. The number of carbonyl (C=O) groups is 1. The summed E-state index contributed by atoms with van der Waals surface area (Å²) < 4.78 is 28.0. The molecule has 0 fully saturated rings. The maximum absolute atomic E-state index is 13.4. The number of aryl methyl sites for hydroxylation is 1. The minimum absolute atomic E-state index is 0.0486. The summed E-state index contributed by atoms with van der Waals surface area (Å²) in [6.07, 6.45) is 1.51. The van der Waals surface area contributed by atoms with Crippen LogP contribution in [0.3, 0.4) is 0 Å². The van der Waals surface area contributed by atoms with Crippen LogP contribution in [0, 0.1) is 25.5 Å². The van der Waals surface area contributed by atoms with E-state index >= 15 is 0 Å². The topological polar surface area (TPSA) is 34.9 Å². The second kappa shape index (κ2) is 4.68. The minimum atomic E-state index is -0.712. The number of rotatable bonds is 3. The van der Waals surface area contributed by atoms with Crippen LogP contribution < -0.4 is 0 Å². The number of ketones is 1. The number of aromatic nitrogens is 2. The van der Waals surface area contributed by atoms with Gasteiger partial charge < -0.3 is 4.57 Å². The van der Waals surface area contributed by atoms with Gasteiger partial charge in [0.05, 0.1) is 24.1 Å². The third-order valence-corrected chi connectivity index (χ3v) is 2.89. The number of imidazole rings is 1. The molecule has 0 saturated heterocycles. The van der Waals surface area contributed by atoms with E-state index in [-0.39, 0.29) is 12.1 Å². The molecule has 0 N–H and O–H groups in total. The molecule has 1 aromatic carbocycles. The number of benzene rings is 1. The lowest BCUT2D eigenvalue weighted by molar-refractivity contribution is 0.0967. The Kier molecular flexibility index (Phi) is 3.23. The molecule has 94 valence electrons. The number of halogens is 2. The van der Waals surface area contributed by atoms with E-state index in [1.807, 2.05) is 13.8 Å². The first-order chi connectivity index (χ1) is 8.49. The molecule has 0 amide bonds. The molecule has 0 aliphatic rings. The quantitative estimate of drug-likeness (QED) is 0.785. The van der Waals surface area contributed by atoms with Crippen molar-refractivity contribution in [2.45, 2.75) is 20.4 Å². The summed E-state index contributed by atoms with van der Waals surface area (Å²) >= 11 is 0. The number of Topliss-reactive ketones (excluding diaryl/α,β-unsaturated/α-hetero) is 1. The van der Waals surface area contributed by atoms with Crippen LogP contribution in [0.2, 0.25) is 0 Å². The van der Waals surface area contributed by atoms with E-state index in [0.717, 1.165) is 29.6 Å². The first-order valence-corrected chi connectivity index (χ1v) is 5.45. The van der Waals surface area contributed by atoms with Crippen molar-refractivity contribution in [3.05, 3.63) is 53.1 Å². The minimum Gasteiger partial charge on any atom is -0.327 e. The first kappa shape index (κ1) is 12.4. The lowest BCUT2D eigenvalue weighted by Crippen LogP contribution is -2.13. The average molecular weight is 250 g/mol. The Morgan fingerprint density at radius 3 is 2.67 bits per heavy atom. The van der Waals surface area contributed by atoms with Crippen molar-refractivity contribution < 1.29 is 13.6 Å². The van der Waals surface area contributed by atoms with E-state index in [0.29, 0.717) is 0 Å². The van der Waals surface area contributed by atoms with Crippen LogP contribution >= 0.6 is 0 Å². The van der Waals surface area contributed by atoms with Crippen LogP contribution in [0.25, 0.3) is 0 Å². The van der Waals surface area contributed by atoms with E-state index in [2.05, 4.69) is 4.98 Å². The highest BCUT2D eigenvalue weighted by molar-refractivity contribution is 5.96. The Morgan fingerprint density at radius 2 is 2.06 bits per heavy atom. The largest absolute Gasteiger partial charge is 0.327 e. The number of carbonyl (C=O) groups excluding carboxylic acids is 1. The van der Waals surface area contributed by atoms with Crippen LogP contribution in [0.4, 0.5) is 8.78 Å². The molecule has 0 unspecified atom stereocenters. The summed E-state index contributed by atoms with van der Waals surface area (Å²) in [4.78, 5) is 15.9. The van der Waals surface area contributed by atoms with E-state index in [9.17, 15) is 13.6 Å². The molecule has 3 nitrogen and oxygen atoms in total. The summed E-state index contributed by atoms with van der Waals surface area (Å²) in [5.74, 6) is -1.82. The molecule has 0 atom stereocenters. The highest BCUT2D eigenvalue weighted by Gasteiger charge is 2.14. The molecule has 0 saturated carbocycles. The zero-order chi connectivity index (χ0) is 13.3. The predicted octanol–water partition coefficient (Wildman–Crippen LogP) is 2.66. The zero-order valence-electron chi connectivity index (χ0n) is 10.1. The third kappa shape index (κ3) is 2.30. The van der Waals surface area contributed by atoms with Gasteiger partial charge >= 0.3 is 0 Å². The molecule has 0 radical (unpaired) electrons. The number of hydrogen-bond donors (Lipinski definition) is 0.